The Kier molecular flexibility index (Phi) is 3.29. The zero-order chi connectivity index (χ0) is 13.2. The van der Waals surface area contributed by atoms with Gasteiger partial charge < -0.3 is 15.5 Å². The fourth-order valence-electron chi connectivity index (χ4n) is 1.57. The number of nitrogens with zero attached hydrogens (tertiary/aromatic N) is 1. The quantitative estimate of drug-likeness (QED) is 0.780. The molecule has 1 heterocycles. The molecule has 0 saturated heterocycles. The third-order valence-corrected chi connectivity index (χ3v) is 2.50. The smallest absolute Gasteiger partial charge is 0.287 e. The van der Waals surface area contributed by atoms with Crippen molar-refractivity contribution in [3.8, 4) is 5.75 Å². The number of hydrogen-bond donors (Lipinski definition) is 3. The molecule has 0 amide bonds. The molecule has 0 radical (unpaired) electrons. The fraction of sp³-hybridized carbons (Fsp3) is 0.250. The summed E-state index contributed by atoms with van der Waals surface area (Å²) in [5.41, 5.74) is 0. The topological polar surface area (TPSA) is 65.4 Å². The molecule has 3 N–H and O–H groups in total. The molecule has 96 valence electrons. The predicted molar refractivity (Wildman–Crippen MR) is 63.9 cm³/mol. The summed E-state index contributed by atoms with van der Waals surface area (Å²) in [5, 5.41) is 21.7. The molecule has 0 unspecified atom stereocenters. The van der Waals surface area contributed by atoms with E-state index in [1.165, 1.54) is 18.3 Å². The number of rotatable bonds is 4. The summed E-state index contributed by atoms with van der Waals surface area (Å²) < 4.78 is 25.9. The maximum absolute atomic E-state index is 12.9. The number of aliphatic hydroxyl groups is 1. The summed E-state index contributed by atoms with van der Waals surface area (Å²) in [6.07, 6.45) is 1.48. The molecule has 0 aliphatic heterocycles. The molecule has 2 rings (SSSR count). The number of phenolic OH excluding ortho intramolecular Hbond substituents is 1. The highest BCUT2D eigenvalue weighted by Gasteiger charge is 2.27. The van der Waals surface area contributed by atoms with E-state index in [4.69, 9.17) is 5.11 Å². The first-order valence-corrected chi connectivity index (χ1v) is 5.32. The molecule has 2 aromatic rings. The second kappa shape index (κ2) is 4.73. The van der Waals surface area contributed by atoms with Crippen LogP contribution in [0, 0.1) is 0 Å². The van der Waals surface area contributed by atoms with Crippen molar-refractivity contribution >= 4 is 16.6 Å². The van der Waals surface area contributed by atoms with Crippen LogP contribution in [0.3, 0.4) is 0 Å². The van der Waals surface area contributed by atoms with E-state index in [1.807, 2.05) is 0 Å². The van der Waals surface area contributed by atoms with Gasteiger partial charge >= 0.3 is 0 Å². The van der Waals surface area contributed by atoms with E-state index in [-0.39, 0.29) is 11.6 Å². The van der Waals surface area contributed by atoms with Crippen LogP contribution in [0.4, 0.5) is 14.6 Å². The van der Waals surface area contributed by atoms with Crippen molar-refractivity contribution in [1.82, 2.24) is 4.98 Å². The van der Waals surface area contributed by atoms with Crippen LogP contribution in [0.1, 0.15) is 0 Å². The molecule has 0 aliphatic rings. The highest BCUT2D eigenvalue weighted by Crippen LogP contribution is 2.25. The Morgan fingerprint density at radius 2 is 2.06 bits per heavy atom. The van der Waals surface area contributed by atoms with Crippen LogP contribution in [-0.4, -0.2) is 34.3 Å². The Morgan fingerprint density at radius 3 is 2.78 bits per heavy atom. The Hall–Kier alpha value is -1.95. The largest absolute Gasteiger partial charge is 0.508 e. The van der Waals surface area contributed by atoms with E-state index < -0.39 is 19.1 Å². The third kappa shape index (κ3) is 2.65. The molecule has 18 heavy (non-hydrogen) atoms. The zero-order valence-corrected chi connectivity index (χ0v) is 9.40. The van der Waals surface area contributed by atoms with Gasteiger partial charge in [-0.15, -0.1) is 0 Å². The number of pyridine rings is 1. The number of fused-ring (bicyclic) bond motifs is 1. The number of aliphatic hydroxyl groups excluding tert-OH is 1. The van der Waals surface area contributed by atoms with Gasteiger partial charge in [0, 0.05) is 11.6 Å². The Morgan fingerprint density at radius 1 is 1.28 bits per heavy atom. The SMILES string of the molecule is OCC(F)(F)CNc1nccc2ccc(O)cc12. The lowest BCUT2D eigenvalue weighted by molar-refractivity contribution is -0.0373. The lowest BCUT2D eigenvalue weighted by Gasteiger charge is -2.15. The van der Waals surface area contributed by atoms with Crippen molar-refractivity contribution < 1.29 is 19.0 Å². The molecule has 1 aromatic heterocycles. The molecule has 0 saturated carbocycles. The zero-order valence-electron chi connectivity index (χ0n) is 9.40. The molecule has 4 nitrogen and oxygen atoms in total. The number of aromatic nitrogens is 1. The number of anilines is 1. The molecule has 0 aliphatic carbocycles. The highest BCUT2D eigenvalue weighted by atomic mass is 19.3. The molecule has 1 aromatic carbocycles. The Labute approximate surface area is 102 Å². The second-order valence-corrected chi connectivity index (χ2v) is 3.93. The van der Waals surface area contributed by atoms with Gasteiger partial charge in [0.1, 0.15) is 18.2 Å². The summed E-state index contributed by atoms with van der Waals surface area (Å²) >= 11 is 0. The summed E-state index contributed by atoms with van der Waals surface area (Å²) in [6, 6.07) is 6.34. The lowest BCUT2D eigenvalue weighted by atomic mass is 10.1. The van der Waals surface area contributed by atoms with Gasteiger partial charge in [0.25, 0.3) is 5.92 Å². The number of hydrogen-bond acceptors (Lipinski definition) is 4. The van der Waals surface area contributed by atoms with Gasteiger partial charge in [-0.05, 0) is 23.6 Å². The van der Waals surface area contributed by atoms with Crippen molar-refractivity contribution in [2.24, 2.45) is 0 Å². The molecule has 0 bridgehead atoms. The number of nitrogens with one attached hydrogen (secondary N) is 1. The first kappa shape index (κ1) is 12.5. The Balaban J connectivity index is 2.30. The van der Waals surface area contributed by atoms with Crippen LogP contribution in [0.2, 0.25) is 0 Å². The van der Waals surface area contributed by atoms with Gasteiger partial charge in [-0.25, -0.2) is 13.8 Å². The molecule has 0 atom stereocenters. The van der Waals surface area contributed by atoms with E-state index in [2.05, 4.69) is 10.3 Å². The van der Waals surface area contributed by atoms with Crippen molar-refractivity contribution in [2.45, 2.75) is 5.92 Å². The normalized spacial score (nSPS) is 11.7. The number of aromatic hydroxyl groups is 1. The summed E-state index contributed by atoms with van der Waals surface area (Å²) in [5.74, 6) is -2.93. The third-order valence-electron chi connectivity index (χ3n) is 2.50. The van der Waals surface area contributed by atoms with Crippen molar-refractivity contribution in [3.63, 3.8) is 0 Å². The molecule has 0 spiro atoms. The van der Waals surface area contributed by atoms with E-state index in [0.29, 0.717) is 5.39 Å². The van der Waals surface area contributed by atoms with Crippen molar-refractivity contribution in [2.75, 3.05) is 18.5 Å². The first-order chi connectivity index (χ1) is 8.52. The standard InChI is InChI=1S/C12H12F2N2O2/c13-12(14,7-17)6-16-11-10-5-9(18)2-1-8(10)3-4-15-11/h1-5,17-18H,6-7H2,(H,15,16). The average Bonchev–Trinajstić information content (AvgIpc) is 2.36. The molecular formula is C12H12F2N2O2. The van der Waals surface area contributed by atoms with Crippen LogP contribution in [0.5, 0.6) is 5.75 Å². The fourth-order valence-corrected chi connectivity index (χ4v) is 1.57. The van der Waals surface area contributed by atoms with Gasteiger partial charge in [0.15, 0.2) is 0 Å². The van der Waals surface area contributed by atoms with E-state index in [0.717, 1.165) is 5.39 Å². The lowest BCUT2D eigenvalue weighted by Crippen LogP contribution is -2.31. The number of benzene rings is 1. The van der Waals surface area contributed by atoms with Gasteiger partial charge in [-0.2, -0.15) is 0 Å². The predicted octanol–water partition coefficient (Wildman–Crippen LogP) is 1.98. The molecule has 6 heteroatoms. The number of halogens is 2. The summed E-state index contributed by atoms with van der Waals surface area (Å²) in [4.78, 5) is 3.95. The van der Waals surface area contributed by atoms with Crippen molar-refractivity contribution in [3.05, 3.63) is 30.5 Å². The van der Waals surface area contributed by atoms with Crippen LogP contribution in [-0.2, 0) is 0 Å². The van der Waals surface area contributed by atoms with E-state index >= 15 is 0 Å². The van der Waals surface area contributed by atoms with E-state index in [9.17, 15) is 13.9 Å². The van der Waals surface area contributed by atoms with Crippen LogP contribution in [0.25, 0.3) is 10.8 Å². The van der Waals surface area contributed by atoms with Gasteiger partial charge in [-0.3, -0.25) is 0 Å². The number of alkyl halides is 2. The van der Waals surface area contributed by atoms with Crippen LogP contribution >= 0.6 is 0 Å². The maximum atomic E-state index is 12.9. The summed E-state index contributed by atoms with van der Waals surface area (Å²) in [6.45, 7) is -1.94. The van der Waals surface area contributed by atoms with Crippen molar-refractivity contribution in [1.29, 1.82) is 0 Å². The maximum Gasteiger partial charge on any atom is 0.287 e. The minimum atomic E-state index is -3.21. The average molecular weight is 254 g/mol. The Bertz CT molecular complexity index is 561. The monoisotopic (exact) mass is 254 g/mol. The van der Waals surface area contributed by atoms with Gasteiger partial charge in [0.2, 0.25) is 0 Å². The minimum absolute atomic E-state index is 0.0347. The summed E-state index contributed by atoms with van der Waals surface area (Å²) in [7, 11) is 0. The van der Waals surface area contributed by atoms with Crippen LogP contribution < -0.4 is 5.32 Å². The molecular weight excluding hydrogens is 242 g/mol. The number of phenols is 1. The molecule has 0 fully saturated rings. The van der Waals surface area contributed by atoms with Crippen LogP contribution in [0.15, 0.2) is 30.5 Å². The first-order valence-electron chi connectivity index (χ1n) is 5.32. The van der Waals surface area contributed by atoms with Gasteiger partial charge in [0.05, 0.1) is 6.54 Å². The van der Waals surface area contributed by atoms with Gasteiger partial charge in [-0.1, -0.05) is 6.07 Å². The highest BCUT2D eigenvalue weighted by molar-refractivity contribution is 5.92. The van der Waals surface area contributed by atoms with E-state index in [1.54, 1.807) is 12.1 Å². The minimum Gasteiger partial charge on any atom is -0.508 e. The second-order valence-electron chi connectivity index (χ2n) is 3.93.